The van der Waals surface area contributed by atoms with Gasteiger partial charge in [0.25, 0.3) is 5.91 Å². The summed E-state index contributed by atoms with van der Waals surface area (Å²) in [6.07, 6.45) is 1.26. The number of rotatable bonds is 13. The molecule has 186 valence electrons. The number of nitrogens with one attached hydrogen (secondary N) is 1. The molecule has 0 radical (unpaired) electrons. The molecule has 0 aliphatic rings. The van der Waals surface area contributed by atoms with Crippen LogP contribution in [0, 0.1) is 0 Å². The van der Waals surface area contributed by atoms with E-state index in [1.54, 1.807) is 44.4 Å². The van der Waals surface area contributed by atoms with Crippen LogP contribution in [0.4, 0.5) is 0 Å². The van der Waals surface area contributed by atoms with Crippen LogP contribution in [0.3, 0.4) is 0 Å². The van der Waals surface area contributed by atoms with E-state index in [4.69, 9.17) is 18.9 Å². The molecule has 0 spiro atoms. The Bertz CT molecular complexity index is 926. The van der Waals surface area contributed by atoms with Gasteiger partial charge in [0, 0.05) is 30.8 Å². The molecule has 0 aliphatic carbocycles. The van der Waals surface area contributed by atoms with E-state index in [1.165, 1.54) is 0 Å². The number of hydrogen-bond acceptors (Lipinski definition) is 6. The zero-order valence-electron chi connectivity index (χ0n) is 20.9. The Morgan fingerprint density at radius 1 is 0.882 bits per heavy atom. The smallest absolute Gasteiger partial charge is 0.261 e. The molecule has 0 heterocycles. The van der Waals surface area contributed by atoms with E-state index in [-0.39, 0.29) is 31.0 Å². The van der Waals surface area contributed by atoms with Gasteiger partial charge in [0.1, 0.15) is 29.0 Å². The van der Waals surface area contributed by atoms with Crippen molar-refractivity contribution in [3.8, 4) is 23.0 Å². The normalized spacial score (nSPS) is 12.3. The van der Waals surface area contributed by atoms with Crippen LogP contribution in [0.25, 0.3) is 0 Å². The molecule has 2 aromatic rings. The second kappa shape index (κ2) is 13.3. The molecule has 34 heavy (non-hydrogen) atoms. The zero-order valence-corrected chi connectivity index (χ0v) is 20.9. The molecule has 0 fully saturated rings. The second-order valence-corrected chi connectivity index (χ2v) is 7.95. The summed E-state index contributed by atoms with van der Waals surface area (Å²) < 4.78 is 21.6. The summed E-state index contributed by atoms with van der Waals surface area (Å²) in [5, 5.41) is 3.00. The summed E-state index contributed by atoms with van der Waals surface area (Å²) in [6, 6.07) is 11.9. The van der Waals surface area contributed by atoms with Gasteiger partial charge < -0.3 is 29.2 Å². The van der Waals surface area contributed by atoms with Gasteiger partial charge in [-0.15, -0.1) is 0 Å². The first-order valence-corrected chi connectivity index (χ1v) is 11.4. The predicted molar refractivity (Wildman–Crippen MR) is 131 cm³/mol. The Hall–Kier alpha value is -3.42. The van der Waals surface area contributed by atoms with Crippen LogP contribution in [0.2, 0.25) is 0 Å². The van der Waals surface area contributed by atoms with Crippen molar-refractivity contribution in [2.45, 2.75) is 52.2 Å². The van der Waals surface area contributed by atoms with Crippen molar-refractivity contribution in [2.75, 3.05) is 27.9 Å². The highest BCUT2D eigenvalue weighted by molar-refractivity contribution is 5.88. The van der Waals surface area contributed by atoms with Gasteiger partial charge >= 0.3 is 0 Å². The van der Waals surface area contributed by atoms with Gasteiger partial charge in [-0.2, -0.15) is 0 Å². The van der Waals surface area contributed by atoms with Gasteiger partial charge in [-0.25, -0.2) is 0 Å². The number of ether oxygens (including phenoxy) is 4. The summed E-state index contributed by atoms with van der Waals surface area (Å²) in [5.74, 6) is 1.72. The maximum Gasteiger partial charge on any atom is 0.261 e. The van der Waals surface area contributed by atoms with E-state index >= 15 is 0 Å². The molecule has 8 heteroatoms. The third kappa shape index (κ3) is 7.57. The minimum Gasteiger partial charge on any atom is -0.497 e. The molecule has 2 atom stereocenters. The number of nitrogens with zero attached hydrogens (tertiary/aromatic N) is 1. The Labute approximate surface area is 202 Å². The van der Waals surface area contributed by atoms with Crippen LogP contribution >= 0.6 is 0 Å². The summed E-state index contributed by atoms with van der Waals surface area (Å²) in [5.41, 5.74) is 0.852. The van der Waals surface area contributed by atoms with Gasteiger partial charge in [0.05, 0.1) is 21.3 Å². The van der Waals surface area contributed by atoms with Crippen LogP contribution in [0.1, 0.15) is 39.2 Å². The van der Waals surface area contributed by atoms with Gasteiger partial charge in [0.2, 0.25) is 5.91 Å². The molecule has 1 N–H and O–H groups in total. The first kappa shape index (κ1) is 26.8. The van der Waals surface area contributed by atoms with Gasteiger partial charge in [0.15, 0.2) is 6.61 Å². The van der Waals surface area contributed by atoms with E-state index in [0.29, 0.717) is 29.4 Å². The van der Waals surface area contributed by atoms with Crippen molar-refractivity contribution >= 4 is 11.8 Å². The second-order valence-electron chi connectivity index (χ2n) is 7.95. The Kier molecular flexibility index (Phi) is 10.5. The first-order chi connectivity index (χ1) is 16.3. The Balaban J connectivity index is 2.27. The SMILES string of the molecule is CC[C@H](C(=O)N[C@@H](C)CC)N(Cc1cccc(OC)c1)C(=O)COc1cc(OC)cc(OC)c1. The summed E-state index contributed by atoms with van der Waals surface area (Å²) in [7, 11) is 4.68. The Morgan fingerprint density at radius 2 is 1.50 bits per heavy atom. The van der Waals surface area contributed by atoms with Gasteiger partial charge in [-0.3, -0.25) is 9.59 Å². The number of carbonyl (C=O) groups excluding carboxylic acids is 2. The summed E-state index contributed by atoms with van der Waals surface area (Å²) in [4.78, 5) is 28.0. The fourth-order valence-corrected chi connectivity index (χ4v) is 3.42. The largest absolute Gasteiger partial charge is 0.497 e. The standard InChI is InChI=1S/C26H36N2O6/c1-7-18(3)27-26(30)24(8-2)28(16-19-10-9-11-20(12-19)31-4)25(29)17-34-23-14-21(32-5)13-22(15-23)33-6/h9-15,18,24H,7-8,16-17H2,1-6H3,(H,27,30)/t18-,24+/m0/s1. The van der Waals surface area contributed by atoms with Crippen LogP contribution in [-0.2, 0) is 16.1 Å². The van der Waals surface area contributed by atoms with Gasteiger partial charge in [-0.05, 0) is 37.5 Å². The highest BCUT2D eigenvalue weighted by Crippen LogP contribution is 2.27. The van der Waals surface area contributed by atoms with Crippen molar-refractivity contribution in [3.63, 3.8) is 0 Å². The molecule has 0 saturated heterocycles. The number of methoxy groups -OCH3 is 3. The maximum absolute atomic E-state index is 13.4. The number of amides is 2. The van der Waals surface area contributed by atoms with Crippen molar-refractivity contribution in [3.05, 3.63) is 48.0 Å². The molecule has 0 bridgehead atoms. The molecule has 0 unspecified atom stereocenters. The van der Waals surface area contributed by atoms with Crippen molar-refractivity contribution < 1.29 is 28.5 Å². The van der Waals surface area contributed by atoms with Crippen molar-refractivity contribution in [1.29, 1.82) is 0 Å². The number of carbonyl (C=O) groups is 2. The maximum atomic E-state index is 13.4. The fourth-order valence-electron chi connectivity index (χ4n) is 3.42. The van der Waals surface area contributed by atoms with Crippen LogP contribution < -0.4 is 24.3 Å². The Morgan fingerprint density at radius 3 is 2.06 bits per heavy atom. The average Bonchev–Trinajstić information content (AvgIpc) is 2.86. The molecule has 2 aromatic carbocycles. The minimum absolute atomic E-state index is 0.0100. The topological polar surface area (TPSA) is 86.3 Å². The monoisotopic (exact) mass is 472 g/mol. The van der Waals surface area contributed by atoms with E-state index < -0.39 is 6.04 Å². The van der Waals surface area contributed by atoms with Crippen LogP contribution in [0.15, 0.2) is 42.5 Å². The van der Waals surface area contributed by atoms with E-state index in [2.05, 4.69) is 5.32 Å². The molecule has 0 aliphatic heterocycles. The van der Waals surface area contributed by atoms with Crippen LogP contribution in [0.5, 0.6) is 23.0 Å². The van der Waals surface area contributed by atoms with E-state index in [1.807, 2.05) is 45.0 Å². The summed E-state index contributed by atoms with van der Waals surface area (Å²) in [6.45, 7) is 5.83. The lowest BCUT2D eigenvalue weighted by atomic mass is 10.1. The molecule has 0 saturated carbocycles. The van der Waals surface area contributed by atoms with Crippen molar-refractivity contribution in [1.82, 2.24) is 10.2 Å². The molecule has 2 amide bonds. The van der Waals surface area contributed by atoms with Crippen molar-refractivity contribution in [2.24, 2.45) is 0 Å². The van der Waals surface area contributed by atoms with E-state index in [0.717, 1.165) is 12.0 Å². The van der Waals surface area contributed by atoms with Gasteiger partial charge in [-0.1, -0.05) is 26.0 Å². The lowest BCUT2D eigenvalue weighted by molar-refractivity contribution is -0.143. The molecule has 8 nitrogen and oxygen atoms in total. The number of benzene rings is 2. The lowest BCUT2D eigenvalue weighted by Crippen LogP contribution is -2.51. The lowest BCUT2D eigenvalue weighted by Gasteiger charge is -2.31. The molecular weight excluding hydrogens is 436 g/mol. The average molecular weight is 473 g/mol. The highest BCUT2D eigenvalue weighted by Gasteiger charge is 2.29. The van der Waals surface area contributed by atoms with E-state index in [9.17, 15) is 9.59 Å². The number of hydrogen-bond donors (Lipinski definition) is 1. The third-order valence-electron chi connectivity index (χ3n) is 5.56. The molecular formula is C26H36N2O6. The molecule has 0 aromatic heterocycles. The predicted octanol–water partition coefficient (Wildman–Crippen LogP) is 3.81. The zero-order chi connectivity index (χ0) is 25.1. The van der Waals surface area contributed by atoms with Crippen LogP contribution in [-0.4, -0.2) is 56.7 Å². The fraction of sp³-hybridized carbons (Fsp3) is 0.462. The quantitative estimate of drug-likeness (QED) is 0.477. The highest BCUT2D eigenvalue weighted by atomic mass is 16.5. The molecule has 2 rings (SSSR count). The first-order valence-electron chi connectivity index (χ1n) is 11.4. The minimum atomic E-state index is -0.642. The third-order valence-corrected chi connectivity index (χ3v) is 5.56. The summed E-state index contributed by atoms with van der Waals surface area (Å²) >= 11 is 0.